The van der Waals surface area contributed by atoms with Crippen molar-refractivity contribution in [1.82, 2.24) is 5.32 Å². The number of hydrogen-bond donors (Lipinski definition) is 2. The largest absolute Gasteiger partial charge is 0.337 e. The molecule has 24 heavy (non-hydrogen) atoms. The molecule has 1 aliphatic carbocycles. The van der Waals surface area contributed by atoms with Gasteiger partial charge in [-0.25, -0.2) is 4.79 Å². The van der Waals surface area contributed by atoms with Gasteiger partial charge in [0.2, 0.25) is 0 Å². The van der Waals surface area contributed by atoms with E-state index < -0.39 is 0 Å². The number of urea groups is 1. The number of benzene rings is 2. The minimum Gasteiger partial charge on any atom is -0.337 e. The van der Waals surface area contributed by atoms with Gasteiger partial charge in [-0.05, 0) is 54.2 Å². The number of carbonyl (C=O) groups excluding carboxylic acids is 1. The van der Waals surface area contributed by atoms with E-state index in [0.29, 0.717) is 12.5 Å². The minimum absolute atomic E-state index is 0.0728. The Kier molecular flexibility index (Phi) is 4.81. The van der Waals surface area contributed by atoms with Crippen molar-refractivity contribution >= 4 is 23.3 Å². The molecule has 4 heteroatoms. The average Bonchev–Trinajstić information content (AvgIpc) is 3.35. The molecule has 126 valence electrons. The summed E-state index contributed by atoms with van der Waals surface area (Å²) in [5.41, 5.74) is 3.39. The highest BCUT2D eigenvalue weighted by Gasteiger charge is 2.44. The summed E-state index contributed by atoms with van der Waals surface area (Å²) in [6.45, 7) is 4.95. The van der Waals surface area contributed by atoms with Crippen LogP contribution >= 0.6 is 11.6 Å². The van der Waals surface area contributed by atoms with E-state index in [1.54, 1.807) is 0 Å². The second kappa shape index (κ2) is 6.86. The van der Waals surface area contributed by atoms with Gasteiger partial charge in [-0.2, -0.15) is 0 Å². The molecule has 2 aromatic carbocycles. The van der Waals surface area contributed by atoms with E-state index in [0.717, 1.165) is 23.6 Å². The van der Waals surface area contributed by atoms with Gasteiger partial charge in [-0.15, -0.1) is 0 Å². The molecular formula is C20H23ClN2O. The van der Waals surface area contributed by atoms with Crippen molar-refractivity contribution < 1.29 is 4.79 Å². The fourth-order valence-electron chi connectivity index (χ4n) is 2.90. The fourth-order valence-corrected chi connectivity index (χ4v) is 3.02. The molecular weight excluding hydrogens is 320 g/mol. The van der Waals surface area contributed by atoms with Gasteiger partial charge in [0, 0.05) is 22.7 Å². The molecule has 0 bridgehead atoms. The Morgan fingerprint density at radius 1 is 1.08 bits per heavy atom. The van der Waals surface area contributed by atoms with Gasteiger partial charge in [0.25, 0.3) is 0 Å². The monoisotopic (exact) mass is 342 g/mol. The van der Waals surface area contributed by atoms with Crippen LogP contribution in [0.2, 0.25) is 5.02 Å². The Hall–Kier alpha value is -2.00. The maximum atomic E-state index is 12.1. The topological polar surface area (TPSA) is 41.1 Å². The molecule has 2 aromatic rings. The van der Waals surface area contributed by atoms with Crippen molar-refractivity contribution in [2.45, 2.75) is 38.0 Å². The molecule has 0 heterocycles. The summed E-state index contributed by atoms with van der Waals surface area (Å²) >= 11 is 5.95. The molecule has 3 nitrogen and oxygen atoms in total. The van der Waals surface area contributed by atoms with Crippen molar-refractivity contribution in [2.75, 3.05) is 11.9 Å². The van der Waals surface area contributed by atoms with Crippen molar-refractivity contribution in [2.24, 2.45) is 0 Å². The van der Waals surface area contributed by atoms with Crippen LogP contribution in [0.5, 0.6) is 0 Å². The first-order chi connectivity index (χ1) is 11.5. The molecule has 0 aromatic heterocycles. The van der Waals surface area contributed by atoms with Gasteiger partial charge < -0.3 is 10.6 Å². The number of rotatable bonds is 5. The summed E-state index contributed by atoms with van der Waals surface area (Å²) in [6.07, 6.45) is 2.19. The number of anilines is 1. The Morgan fingerprint density at radius 2 is 1.71 bits per heavy atom. The molecule has 0 saturated heterocycles. The molecule has 2 amide bonds. The van der Waals surface area contributed by atoms with Gasteiger partial charge in [-0.1, -0.05) is 49.7 Å². The predicted molar refractivity (Wildman–Crippen MR) is 99.9 cm³/mol. The molecule has 0 atom stereocenters. The van der Waals surface area contributed by atoms with Crippen LogP contribution in [0.3, 0.4) is 0 Å². The number of halogens is 1. The van der Waals surface area contributed by atoms with Crippen molar-refractivity contribution in [3.63, 3.8) is 0 Å². The van der Waals surface area contributed by atoms with E-state index in [1.165, 1.54) is 11.1 Å². The third kappa shape index (κ3) is 3.90. The molecule has 3 rings (SSSR count). The highest BCUT2D eigenvalue weighted by molar-refractivity contribution is 6.30. The lowest BCUT2D eigenvalue weighted by molar-refractivity contribution is 0.251. The zero-order chi connectivity index (χ0) is 17.2. The van der Waals surface area contributed by atoms with Crippen LogP contribution in [0.1, 0.15) is 43.7 Å². The quantitative estimate of drug-likeness (QED) is 0.758. The van der Waals surface area contributed by atoms with Crippen LogP contribution in [0.25, 0.3) is 0 Å². The first-order valence-electron chi connectivity index (χ1n) is 8.39. The van der Waals surface area contributed by atoms with E-state index in [-0.39, 0.29) is 11.4 Å². The van der Waals surface area contributed by atoms with E-state index >= 15 is 0 Å². The van der Waals surface area contributed by atoms with Crippen LogP contribution in [0.15, 0.2) is 48.5 Å². The third-order valence-electron chi connectivity index (χ3n) is 4.73. The second-order valence-corrected chi connectivity index (χ2v) is 7.31. The molecule has 1 saturated carbocycles. The number of amides is 2. The molecule has 1 fully saturated rings. The Labute approximate surface area is 148 Å². The van der Waals surface area contributed by atoms with Gasteiger partial charge in [-0.3, -0.25) is 0 Å². The van der Waals surface area contributed by atoms with Crippen molar-refractivity contribution in [3.05, 3.63) is 64.7 Å². The highest BCUT2D eigenvalue weighted by Crippen LogP contribution is 2.47. The lowest BCUT2D eigenvalue weighted by Gasteiger charge is -2.17. The maximum Gasteiger partial charge on any atom is 0.319 e. The Balaban J connectivity index is 1.55. The van der Waals surface area contributed by atoms with Crippen LogP contribution in [-0.2, 0) is 5.41 Å². The predicted octanol–water partition coefficient (Wildman–Crippen LogP) is 5.32. The SMILES string of the molecule is CC(C)c1ccc(NC(=O)NCC2(c3ccc(Cl)cc3)CC2)cc1. The normalized spacial score (nSPS) is 15.2. The zero-order valence-corrected chi connectivity index (χ0v) is 14.9. The summed E-state index contributed by atoms with van der Waals surface area (Å²) < 4.78 is 0. The van der Waals surface area contributed by atoms with E-state index in [1.807, 2.05) is 24.3 Å². The first-order valence-corrected chi connectivity index (χ1v) is 8.77. The number of nitrogens with one attached hydrogen (secondary N) is 2. The standard InChI is InChI=1S/C20H23ClN2O/c1-14(2)15-3-9-18(10-4-15)23-19(24)22-13-20(11-12-20)16-5-7-17(21)8-6-16/h3-10,14H,11-13H2,1-2H3,(H2,22,23,24). The molecule has 0 radical (unpaired) electrons. The number of hydrogen-bond acceptors (Lipinski definition) is 1. The molecule has 1 aliphatic rings. The van der Waals surface area contributed by atoms with E-state index in [9.17, 15) is 4.79 Å². The van der Waals surface area contributed by atoms with Crippen molar-refractivity contribution in [3.8, 4) is 0 Å². The minimum atomic E-state index is -0.160. The lowest BCUT2D eigenvalue weighted by Crippen LogP contribution is -2.35. The fraction of sp³-hybridized carbons (Fsp3) is 0.350. The second-order valence-electron chi connectivity index (χ2n) is 6.87. The van der Waals surface area contributed by atoms with Gasteiger partial charge in [0.05, 0.1) is 0 Å². The zero-order valence-electron chi connectivity index (χ0n) is 14.1. The summed E-state index contributed by atoms with van der Waals surface area (Å²) in [7, 11) is 0. The number of carbonyl (C=O) groups is 1. The molecule has 0 aliphatic heterocycles. The highest BCUT2D eigenvalue weighted by atomic mass is 35.5. The van der Waals surface area contributed by atoms with E-state index in [2.05, 4.69) is 48.7 Å². The van der Waals surface area contributed by atoms with Crippen LogP contribution in [0.4, 0.5) is 10.5 Å². The lowest BCUT2D eigenvalue weighted by atomic mass is 9.96. The molecule has 0 unspecified atom stereocenters. The Bertz CT molecular complexity index is 703. The summed E-state index contributed by atoms with van der Waals surface area (Å²) in [6, 6.07) is 15.8. The first kappa shape index (κ1) is 16.8. The van der Waals surface area contributed by atoms with Crippen LogP contribution < -0.4 is 10.6 Å². The molecule has 0 spiro atoms. The maximum absolute atomic E-state index is 12.1. The molecule has 2 N–H and O–H groups in total. The van der Waals surface area contributed by atoms with Gasteiger partial charge in [0.15, 0.2) is 0 Å². The van der Waals surface area contributed by atoms with Gasteiger partial charge in [0.1, 0.15) is 0 Å². The summed E-state index contributed by atoms with van der Waals surface area (Å²) in [5.74, 6) is 0.488. The van der Waals surface area contributed by atoms with E-state index in [4.69, 9.17) is 11.6 Å². The van der Waals surface area contributed by atoms with Crippen LogP contribution in [0, 0.1) is 0 Å². The third-order valence-corrected chi connectivity index (χ3v) is 4.98. The summed E-state index contributed by atoms with van der Waals surface area (Å²) in [5, 5.41) is 6.64. The Morgan fingerprint density at radius 3 is 2.25 bits per heavy atom. The summed E-state index contributed by atoms with van der Waals surface area (Å²) in [4.78, 5) is 12.1. The van der Waals surface area contributed by atoms with Gasteiger partial charge >= 0.3 is 6.03 Å². The smallest absolute Gasteiger partial charge is 0.319 e. The van der Waals surface area contributed by atoms with Crippen LogP contribution in [-0.4, -0.2) is 12.6 Å². The average molecular weight is 343 g/mol. The van der Waals surface area contributed by atoms with Crippen molar-refractivity contribution in [1.29, 1.82) is 0 Å².